The standard InChI is InChI=1S/C13H12N4O/c18-13(16-9-2-1-3-14-6-9)10-7-15-17-11-4-8(11)5-12(10)17/h1-3,6-8,11H,4-5H2,(H,16,18). The Labute approximate surface area is 104 Å². The predicted molar refractivity (Wildman–Crippen MR) is 65.3 cm³/mol. The van der Waals surface area contributed by atoms with Gasteiger partial charge in [0.1, 0.15) is 0 Å². The molecule has 0 bridgehead atoms. The van der Waals surface area contributed by atoms with Crippen LogP contribution in [0.2, 0.25) is 0 Å². The molecular formula is C13H12N4O. The first-order chi connectivity index (χ1) is 8.83. The van der Waals surface area contributed by atoms with Gasteiger partial charge in [0, 0.05) is 6.20 Å². The molecule has 0 saturated heterocycles. The van der Waals surface area contributed by atoms with Crippen molar-refractivity contribution in [1.82, 2.24) is 14.8 Å². The van der Waals surface area contributed by atoms with Crippen LogP contribution in [0.4, 0.5) is 5.69 Å². The molecule has 5 heteroatoms. The summed E-state index contributed by atoms with van der Waals surface area (Å²) < 4.78 is 2.02. The summed E-state index contributed by atoms with van der Waals surface area (Å²) >= 11 is 0. The van der Waals surface area contributed by atoms with Crippen molar-refractivity contribution in [2.75, 3.05) is 5.32 Å². The summed E-state index contributed by atoms with van der Waals surface area (Å²) in [6.45, 7) is 0. The van der Waals surface area contributed by atoms with E-state index in [2.05, 4.69) is 15.4 Å². The van der Waals surface area contributed by atoms with Crippen LogP contribution in [0.25, 0.3) is 0 Å². The van der Waals surface area contributed by atoms with Gasteiger partial charge in [0.2, 0.25) is 0 Å². The first kappa shape index (κ1) is 9.82. The summed E-state index contributed by atoms with van der Waals surface area (Å²) in [5, 5.41) is 7.17. The lowest BCUT2D eigenvalue weighted by Gasteiger charge is -2.04. The third-order valence-electron chi connectivity index (χ3n) is 3.72. The maximum atomic E-state index is 12.2. The number of carbonyl (C=O) groups excluding carboxylic acids is 1. The molecule has 2 aromatic heterocycles. The second-order valence-electron chi connectivity index (χ2n) is 4.91. The van der Waals surface area contributed by atoms with Gasteiger partial charge in [-0.25, -0.2) is 0 Å². The van der Waals surface area contributed by atoms with Crippen LogP contribution in [-0.4, -0.2) is 20.7 Å². The van der Waals surface area contributed by atoms with Gasteiger partial charge in [0.05, 0.1) is 35.4 Å². The van der Waals surface area contributed by atoms with Crippen LogP contribution >= 0.6 is 0 Å². The molecule has 90 valence electrons. The highest BCUT2D eigenvalue weighted by Crippen LogP contribution is 2.51. The number of hydrogen-bond donors (Lipinski definition) is 1. The largest absolute Gasteiger partial charge is 0.320 e. The third kappa shape index (κ3) is 1.37. The zero-order valence-corrected chi connectivity index (χ0v) is 9.71. The SMILES string of the molecule is O=C(Nc1cccnc1)c1cnn2c1CC1CC12. The van der Waals surface area contributed by atoms with Gasteiger partial charge < -0.3 is 5.32 Å². The Morgan fingerprint density at radius 3 is 3.22 bits per heavy atom. The number of rotatable bonds is 2. The molecule has 4 rings (SSSR count). The number of anilines is 1. The average Bonchev–Trinajstić information content (AvgIpc) is 2.86. The van der Waals surface area contributed by atoms with Gasteiger partial charge >= 0.3 is 0 Å². The molecule has 5 nitrogen and oxygen atoms in total. The lowest BCUT2D eigenvalue weighted by molar-refractivity contribution is 0.102. The van der Waals surface area contributed by atoms with E-state index in [-0.39, 0.29) is 5.91 Å². The number of hydrogen-bond acceptors (Lipinski definition) is 3. The highest BCUT2D eigenvalue weighted by Gasteiger charge is 2.47. The van der Waals surface area contributed by atoms with Crippen LogP contribution in [0, 0.1) is 5.92 Å². The number of pyridine rings is 1. The number of fused-ring (bicyclic) bond motifs is 3. The van der Waals surface area contributed by atoms with E-state index in [0.29, 0.717) is 17.3 Å². The number of amides is 1. The summed E-state index contributed by atoms with van der Waals surface area (Å²) in [6.07, 6.45) is 7.20. The Balaban J connectivity index is 1.61. The Bertz CT molecular complexity index is 619. The van der Waals surface area contributed by atoms with E-state index >= 15 is 0 Å². The third-order valence-corrected chi connectivity index (χ3v) is 3.72. The second-order valence-corrected chi connectivity index (χ2v) is 4.91. The van der Waals surface area contributed by atoms with Crippen LogP contribution in [0.3, 0.4) is 0 Å². The molecule has 1 aliphatic carbocycles. The summed E-state index contributed by atoms with van der Waals surface area (Å²) in [7, 11) is 0. The summed E-state index contributed by atoms with van der Waals surface area (Å²) in [5.74, 6) is 0.629. The molecule has 2 atom stereocenters. The minimum atomic E-state index is -0.0921. The predicted octanol–water partition coefficient (Wildman–Crippen LogP) is 1.65. The summed E-state index contributed by atoms with van der Waals surface area (Å²) in [6, 6.07) is 4.18. The van der Waals surface area contributed by atoms with Crippen LogP contribution < -0.4 is 5.32 Å². The molecule has 0 aromatic carbocycles. The Morgan fingerprint density at radius 1 is 1.44 bits per heavy atom. The average molecular weight is 240 g/mol. The Kier molecular flexibility index (Phi) is 1.86. The zero-order chi connectivity index (χ0) is 12.1. The highest BCUT2D eigenvalue weighted by atomic mass is 16.1. The van der Waals surface area contributed by atoms with Gasteiger partial charge in [-0.05, 0) is 30.9 Å². The van der Waals surface area contributed by atoms with Crippen LogP contribution in [-0.2, 0) is 6.42 Å². The first-order valence-electron chi connectivity index (χ1n) is 6.10. The number of aromatic nitrogens is 3. The lowest BCUT2D eigenvalue weighted by Crippen LogP contribution is -2.13. The van der Waals surface area contributed by atoms with Gasteiger partial charge in [-0.15, -0.1) is 0 Å². The molecular weight excluding hydrogens is 228 g/mol. The normalized spacial score (nSPS) is 23.3. The molecule has 0 spiro atoms. The minimum Gasteiger partial charge on any atom is -0.320 e. The van der Waals surface area contributed by atoms with Crippen LogP contribution in [0.5, 0.6) is 0 Å². The number of carbonyl (C=O) groups is 1. The summed E-state index contributed by atoms with van der Waals surface area (Å²) in [5.41, 5.74) is 2.49. The Morgan fingerprint density at radius 2 is 2.39 bits per heavy atom. The highest BCUT2D eigenvalue weighted by molar-refractivity contribution is 6.04. The van der Waals surface area contributed by atoms with E-state index in [1.165, 1.54) is 6.42 Å². The van der Waals surface area contributed by atoms with Crippen molar-refractivity contribution in [3.8, 4) is 0 Å². The molecule has 0 radical (unpaired) electrons. The maximum Gasteiger partial charge on any atom is 0.259 e. The molecule has 1 amide bonds. The van der Waals surface area contributed by atoms with Crippen LogP contribution in [0.1, 0.15) is 28.5 Å². The van der Waals surface area contributed by atoms with Crippen molar-refractivity contribution >= 4 is 11.6 Å². The minimum absolute atomic E-state index is 0.0921. The van der Waals surface area contributed by atoms with Crippen molar-refractivity contribution in [2.45, 2.75) is 18.9 Å². The Hall–Kier alpha value is -2.17. The van der Waals surface area contributed by atoms with Crippen molar-refractivity contribution in [3.05, 3.63) is 42.0 Å². The molecule has 1 fully saturated rings. The van der Waals surface area contributed by atoms with E-state index in [4.69, 9.17) is 0 Å². The molecule has 1 N–H and O–H groups in total. The topological polar surface area (TPSA) is 59.8 Å². The van der Waals surface area contributed by atoms with Gasteiger partial charge in [0.15, 0.2) is 0 Å². The van der Waals surface area contributed by atoms with E-state index in [9.17, 15) is 4.79 Å². The summed E-state index contributed by atoms with van der Waals surface area (Å²) in [4.78, 5) is 16.1. The van der Waals surface area contributed by atoms with E-state index in [1.54, 1.807) is 24.7 Å². The lowest BCUT2D eigenvalue weighted by atomic mass is 10.1. The van der Waals surface area contributed by atoms with Crippen molar-refractivity contribution in [1.29, 1.82) is 0 Å². The molecule has 2 aromatic rings. The van der Waals surface area contributed by atoms with E-state index in [1.807, 2.05) is 10.7 Å². The van der Waals surface area contributed by atoms with Crippen LogP contribution in [0.15, 0.2) is 30.7 Å². The molecule has 2 unspecified atom stereocenters. The fourth-order valence-electron chi connectivity index (χ4n) is 2.70. The van der Waals surface area contributed by atoms with E-state index in [0.717, 1.165) is 18.0 Å². The smallest absolute Gasteiger partial charge is 0.259 e. The monoisotopic (exact) mass is 240 g/mol. The van der Waals surface area contributed by atoms with Crippen molar-refractivity contribution in [3.63, 3.8) is 0 Å². The van der Waals surface area contributed by atoms with Gasteiger partial charge in [-0.1, -0.05) is 0 Å². The quantitative estimate of drug-likeness (QED) is 0.868. The van der Waals surface area contributed by atoms with Gasteiger partial charge in [-0.3, -0.25) is 14.5 Å². The molecule has 3 heterocycles. The fraction of sp³-hybridized carbons (Fsp3) is 0.308. The van der Waals surface area contributed by atoms with Crippen molar-refractivity contribution in [2.24, 2.45) is 5.92 Å². The molecule has 2 aliphatic rings. The molecule has 1 aliphatic heterocycles. The maximum absolute atomic E-state index is 12.2. The molecule has 18 heavy (non-hydrogen) atoms. The molecule has 1 saturated carbocycles. The van der Waals surface area contributed by atoms with Gasteiger partial charge in [0.25, 0.3) is 5.91 Å². The van der Waals surface area contributed by atoms with E-state index < -0.39 is 0 Å². The number of nitrogens with zero attached hydrogens (tertiary/aromatic N) is 3. The zero-order valence-electron chi connectivity index (χ0n) is 9.71. The fourth-order valence-corrected chi connectivity index (χ4v) is 2.70. The second kappa shape index (κ2) is 3.41. The number of nitrogens with one attached hydrogen (secondary N) is 1. The first-order valence-corrected chi connectivity index (χ1v) is 6.10. The van der Waals surface area contributed by atoms with Crippen molar-refractivity contribution < 1.29 is 4.79 Å². The van der Waals surface area contributed by atoms with Gasteiger partial charge in [-0.2, -0.15) is 5.10 Å².